The molecule has 0 spiro atoms. The molecule has 4 nitrogen and oxygen atoms in total. The smallest absolute Gasteiger partial charge is 0.242 e. The highest BCUT2D eigenvalue weighted by Gasteiger charge is 2.28. The maximum Gasteiger partial charge on any atom is 0.242 e. The van der Waals surface area contributed by atoms with Gasteiger partial charge in [0.2, 0.25) is 11.8 Å². The van der Waals surface area contributed by atoms with Gasteiger partial charge in [0.15, 0.2) is 0 Å². The van der Waals surface area contributed by atoms with Gasteiger partial charge in [-0.25, -0.2) is 4.39 Å². The van der Waals surface area contributed by atoms with Crippen molar-refractivity contribution in [2.75, 3.05) is 5.75 Å². The Hall–Kier alpha value is -2.34. The van der Waals surface area contributed by atoms with Crippen molar-refractivity contribution in [2.24, 2.45) is 0 Å². The van der Waals surface area contributed by atoms with Gasteiger partial charge in [-0.3, -0.25) is 9.59 Å². The van der Waals surface area contributed by atoms with Gasteiger partial charge >= 0.3 is 0 Å². The molecule has 0 bridgehead atoms. The molecule has 0 radical (unpaired) electrons. The summed E-state index contributed by atoms with van der Waals surface area (Å²) in [4.78, 5) is 27.7. The van der Waals surface area contributed by atoms with Crippen LogP contribution in [0, 0.1) is 12.7 Å². The molecular weight excluding hydrogens is 423 g/mol. The molecule has 1 aliphatic rings. The lowest BCUT2D eigenvalue weighted by Crippen LogP contribution is -2.50. The van der Waals surface area contributed by atoms with E-state index in [1.165, 1.54) is 29.7 Å². The van der Waals surface area contributed by atoms with E-state index >= 15 is 0 Å². The second-order valence-electron chi connectivity index (χ2n) is 8.65. The Kier molecular flexibility index (Phi) is 9.15. The van der Waals surface area contributed by atoms with Gasteiger partial charge in [-0.2, -0.15) is 0 Å². The minimum absolute atomic E-state index is 0.0849. The predicted molar refractivity (Wildman–Crippen MR) is 129 cm³/mol. The van der Waals surface area contributed by atoms with Crippen molar-refractivity contribution < 1.29 is 14.0 Å². The van der Waals surface area contributed by atoms with E-state index in [0.29, 0.717) is 0 Å². The molecule has 2 amide bonds. The number of rotatable bonds is 9. The lowest BCUT2D eigenvalue weighted by Gasteiger charge is -2.31. The fourth-order valence-electron chi connectivity index (χ4n) is 4.08. The Morgan fingerprint density at radius 2 is 1.81 bits per heavy atom. The van der Waals surface area contributed by atoms with E-state index in [1.54, 1.807) is 35.7 Å². The number of benzene rings is 2. The molecule has 32 heavy (non-hydrogen) atoms. The summed E-state index contributed by atoms with van der Waals surface area (Å²) in [5.41, 5.74) is 3.18. The third kappa shape index (κ3) is 7.37. The number of halogens is 1. The first-order chi connectivity index (χ1) is 15.4. The molecule has 1 aliphatic carbocycles. The molecule has 0 unspecified atom stereocenters. The van der Waals surface area contributed by atoms with Crippen molar-refractivity contribution in [3.05, 3.63) is 71.0 Å². The Labute approximate surface area is 195 Å². The summed E-state index contributed by atoms with van der Waals surface area (Å²) >= 11 is 1.55. The second-order valence-corrected chi connectivity index (χ2v) is 9.64. The lowest BCUT2D eigenvalue weighted by atomic mass is 9.95. The van der Waals surface area contributed by atoms with Crippen LogP contribution in [0.3, 0.4) is 0 Å². The van der Waals surface area contributed by atoms with Gasteiger partial charge in [0, 0.05) is 18.3 Å². The molecule has 1 atom stereocenters. The van der Waals surface area contributed by atoms with E-state index in [2.05, 4.69) is 30.4 Å². The number of aryl methyl sites for hydroxylation is 1. The molecule has 0 saturated heterocycles. The molecule has 0 aromatic heterocycles. The Balaban J connectivity index is 1.64. The quantitative estimate of drug-likeness (QED) is 0.562. The Morgan fingerprint density at radius 3 is 2.50 bits per heavy atom. The Morgan fingerprint density at radius 1 is 1.09 bits per heavy atom. The topological polar surface area (TPSA) is 49.4 Å². The van der Waals surface area contributed by atoms with Crippen LogP contribution in [0.25, 0.3) is 0 Å². The first-order valence-electron chi connectivity index (χ1n) is 11.4. The van der Waals surface area contributed by atoms with Crippen molar-refractivity contribution in [1.82, 2.24) is 10.2 Å². The fourth-order valence-corrected chi connectivity index (χ4v) is 4.94. The highest BCUT2D eigenvalue weighted by molar-refractivity contribution is 7.99. The number of carbonyl (C=O) groups is 2. The van der Waals surface area contributed by atoms with E-state index in [1.807, 2.05) is 6.07 Å². The van der Waals surface area contributed by atoms with Gasteiger partial charge in [-0.15, -0.1) is 11.8 Å². The minimum atomic E-state index is -0.589. The van der Waals surface area contributed by atoms with Crippen LogP contribution in [0.15, 0.2) is 48.5 Å². The number of amides is 2. The average molecular weight is 457 g/mol. The van der Waals surface area contributed by atoms with Crippen molar-refractivity contribution in [3.8, 4) is 0 Å². The molecule has 2 aromatic rings. The lowest BCUT2D eigenvalue weighted by molar-refractivity contribution is -0.139. The van der Waals surface area contributed by atoms with Crippen molar-refractivity contribution in [3.63, 3.8) is 0 Å². The first kappa shape index (κ1) is 24.3. The van der Waals surface area contributed by atoms with Gasteiger partial charge in [0.25, 0.3) is 0 Å². The van der Waals surface area contributed by atoms with Crippen LogP contribution in [-0.4, -0.2) is 34.6 Å². The number of carbonyl (C=O) groups excluding carboxylic acids is 2. The molecule has 3 rings (SSSR count). The average Bonchev–Trinajstić information content (AvgIpc) is 2.79. The summed E-state index contributed by atoms with van der Waals surface area (Å²) in [6.45, 7) is 4.12. The van der Waals surface area contributed by atoms with Crippen LogP contribution in [0.4, 0.5) is 4.39 Å². The van der Waals surface area contributed by atoms with Crippen molar-refractivity contribution in [1.29, 1.82) is 0 Å². The number of nitrogens with one attached hydrogen (secondary N) is 1. The molecule has 1 saturated carbocycles. The van der Waals surface area contributed by atoms with Crippen LogP contribution in [0.2, 0.25) is 0 Å². The fraction of sp³-hybridized carbons (Fsp3) is 0.462. The van der Waals surface area contributed by atoms with Crippen molar-refractivity contribution >= 4 is 23.6 Å². The summed E-state index contributed by atoms with van der Waals surface area (Å²) in [5.74, 6) is 0.508. The van der Waals surface area contributed by atoms with Gasteiger partial charge in [0.1, 0.15) is 11.9 Å². The minimum Gasteiger partial charge on any atom is -0.352 e. The molecular formula is C26H33FN2O2S. The van der Waals surface area contributed by atoms with Crippen LogP contribution < -0.4 is 5.32 Å². The Bertz CT molecular complexity index is 897. The second kappa shape index (κ2) is 12.0. The number of nitrogens with zero attached hydrogens (tertiary/aromatic N) is 1. The standard InChI is InChI=1S/C26H33FN2O2S/c1-19-7-6-8-22(15-19)17-32-18-25(30)29(16-21-11-13-23(27)14-12-21)20(2)26(31)28-24-9-4-3-5-10-24/h6-8,11-15,20,24H,3-5,9-10,16-18H2,1-2H3,(H,28,31)/t20-/m0/s1. The zero-order valence-electron chi connectivity index (χ0n) is 19.0. The number of thioether (sulfide) groups is 1. The largest absolute Gasteiger partial charge is 0.352 e. The van der Waals surface area contributed by atoms with Crippen LogP contribution >= 0.6 is 11.8 Å². The predicted octanol–water partition coefficient (Wildman–Crippen LogP) is 5.23. The molecule has 1 N–H and O–H groups in total. The zero-order chi connectivity index (χ0) is 22.9. The van der Waals surface area contributed by atoms with Gasteiger partial charge in [-0.05, 0) is 49.9 Å². The normalized spacial score (nSPS) is 15.2. The van der Waals surface area contributed by atoms with Gasteiger partial charge in [0.05, 0.1) is 5.75 Å². The molecule has 1 fully saturated rings. The number of hydrogen-bond acceptors (Lipinski definition) is 3. The monoisotopic (exact) mass is 456 g/mol. The van der Waals surface area contributed by atoms with Crippen molar-refractivity contribution in [2.45, 2.75) is 70.3 Å². The first-order valence-corrected chi connectivity index (χ1v) is 12.6. The summed E-state index contributed by atoms with van der Waals surface area (Å²) in [7, 11) is 0. The summed E-state index contributed by atoms with van der Waals surface area (Å²) in [6.07, 6.45) is 5.48. The summed E-state index contributed by atoms with van der Waals surface area (Å²) < 4.78 is 13.3. The maximum atomic E-state index is 13.3. The molecule has 6 heteroatoms. The van der Waals surface area contributed by atoms with E-state index in [0.717, 1.165) is 37.0 Å². The van der Waals surface area contributed by atoms with Gasteiger partial charge in [-0.1, -0.05) is 61.2 Å². The highest BCUT2D eigenvalue weighted by Crippen LogP contribution is 2.19. The van der Waals surface area contributed by atoms with Crippen LogP contribution in [0.5, 0.6) is 0 Å². The molecule has 0 heterocycles. The molecule has 172 valence electrons. The maximum absolute atomic E-state index is 13.3. The zero-order valence-corrected chi connectivity index (χ0v) is 19.8. The third-order valence-electron chi connectivity index (χ3n) is 5.96. The van der Waals surface area contributed by atoms with Crippen LogP contribution in [-0.2, 0) is 21.9 Å². The van der Waals surface area contributed by atoms with Crippen LogP contribution in [0.1, 0.15) is 55.7 Å². The summed E-state index contributed by atoms with van der Waals surface area (Å²) in [6, 6.07) is 14.0. The number of hydrogen-bond donors (Lipinski definition) is 1. The van der Waals surface area contributed by atoms with Gasteiger partial charge < -0.3 is 10.2 Å². The molecule has 0 aliphatic heterocycles. The highest BCUT2D eigenvalue weighted by atomic mass is 32.2. The third-order valence-corrected chi connectivity index (χ3v) is 6.95. The van der Waals surface area contributed by atoms with E-state index in [4.69, 9.17) is 0 Å². The summed E-state index contributed by atoms with van der Waals surface area (Å²) in [5, 5.41) is 3.14. The van der Waals surface area contributed by atoms with E-state index in [-0.39, 0.29) is 36.0 Å². The van der Waals surface area contributed by atoms with E-state index in [9.17, 15) is 14.0 Å². The molecule has 2 aromatic carbocycles. The SMILES string of the molecule is Cc1cccc(CSCC(=O)N(Cc2ccc(F)cc2)[C@@H](C)C(=O)NC2CCCCC2)c1. The van der Waals surface area contributed by atoms with E-state index < -0.39 is 6.04 Å².